The Morgan fingerprint density at radius 3 is 2.85 bits per heavy atom. The normalized spacial score (nSPS) is 11.7. The number of carbonyl (C=O) groups excluding carboxylic acids is 1. The standard InChI is InChI=1S/C11H18N6O3/c1-3-4-13-11-14-6-8(17(19)20)10(16-11)15-7(2)5-9(12)18/h6-7H,3-5H2,1-2H3,(H2,12,18)(H2,13,14,15,16). The van der Waals surface area contributed by atoms with Gasteiger partial charge >= 0.3 is 5.69 Å². The van der Waals surface area contributed by atoms with Crippen molar-refractivity contribution >= 4 is 23.4 Å². The summed E-state index contributed by atoms with van der Waals surface area (Å²) in [7, 11) is 0. The molecule has 1 aromatic heterocycles. The maximum atomic E-state index is 10.9. The molecule has 1 rings (SSSR count). The Labute approximate surface area is 116 Å². The number of nitrogens with zero attached hydrogens (tertiary/aromatic N) is 3. The van der Waals surface area contributed by atoms with Crippen LogP contribution in [0.3, 0.4) is 0 Å². The number of primary amides is 1. The molecular weight excluding hydrogens is 264 g/mol. The molecule has 1 unspecified atom stereocenters. The summed E-state index contributed by atoms with van der Waals surface area (Å²) in [4.78, 5) is 29.1. The van der Waals surface area contributed by atoms with Gasteiger partial charge in [0.25, 0.3) is 0 Å². The van der Waals surface area contributed by atoms with Crippen LogP contribution >= 0.6 is 0 Å². The molecule has 0 spiro atoms. The number of nitrogens with two attached hydrogens (primary N) is 1. The minimum atomic E-state index is -0.580. The minimum Gasteiger partial charge on any atom is -0.370 e. The molecule has 0 aromatic carbocycles. The molecule has 0 aliphatic carbocycles. The quantitative estimate of drug-likeness (QED) is 0.475. The first-order valence-electron chi connectivity index (χ1n) is 6.24. The third-order valence-corrected chi connectivity index (χ3v) is 2.39. The number of rotatable bonds is 8. The summed E-state index contributed by atoms with van der Waals surface area (Å²) in [6, 6.07) is -0.361. The van der Waals surface area contributed by atoms with Crippen LogP contribution in [-0.4, -0.2) is 33.4 Å². The molecule has 0 aliphatic rings. The van der Waals surface area contributed by atoms with Crippen LogP contribution in [0.25, 0.3) is 0 Å². The van der Waals surface area contributed by atoms with Gasteiger partial charge in [0, 0.05) is 19.0 Å². The van der Waals surface area contributed by atoms with E-state index >= 15 is 0 Å². The smallest absolute Gasteiger partial charge is 0.329 e. The van der Waals surface area contributed by atoms with Crippen LogP contribution in [0.15, 0.2) is 6.20 Å². The monoisotopic (exact) mass is 282 g/mol. The third kappa shape index (κ3) is 4.67. The number of hydrogen-bond donors (Lipinski definition) is 3. The van der Waals surface area contributed by atoms with Crippen molar-refractivity contribution < 1.29 is 9.72 Å². The lowest BCUT2D eigenvalue weighted by molar-refractivity contribution is -0.384. The molecule has 20 heavy (non-hydrogen) atoms. The SMILES string of the molecule is CCCNc1ncc([N+](=O)[O-])c(NC(C)CC(N)=O)n1. The molecule has 0 aliphatic heterocycles. The van der Waals surface area contributed by atoms with Gasteiger partial charge in [0.1, 0.15) is 6.20 Å². The zero-order valence-electron chi connectivity index (χ0n) is 11.4. The van der Waals surface area contributed by atoms with Gasteiger partial charge in [0.15, 0.2) is 0 Å². The van der Waals surface area contributed by atoms with E-state index in [2.05, 4.69) is 20.6 Å². The van der Waals surface area contributed by atoms with Crippen molar-refractivity contribution in [2.45, 2.75) is 32.7 Å². The maximum absolute atomic E-state index is 10.9. The lowest BCUT2D eigenvalue weighted by Crippen LogP contribution is -2.25. The second-order valence-corrected chi connectivity index (χ2v) is 4.33. The number of amides is 1. The Morgan fingerprint density at radius 2 is 2.30 bits per heavy atom. The Morgan fingerprint density at radius 1 is 1.60 bits per heavy atom. The highest BCUT2D eigenvalue weighted by molar-refractivity contribution is 5.75. The van der Waals surface area contributed by atoms with Gasteiger partial charge in [-0.15, -0.1) is 0 Å². The van der Waals surface area contributed by atoms with Crippen molar-refractivity contribution in [2.75, 3.05) is 17.2 Å². The third-order valence-electron chi connectivity index (χ3n) is 2.39. The summed E-state index contributed by atoms with van der Waals surface area (Å²) < 4.78 is 0. The second-order valence-electron chi connectivity index (χ2n) is 4.33. The van der Waals surface area contributed by atoms with Crippen LogP contribution in [0.4, 0.5) is 17.5 Å². The van der Waals surface area contributed by atoms with Crippen molar-refractivity contribution in [3.8, 4) is 0 Å². The van der Waals surface area contributed by atoms with Crippen molar-refractivity contribution in [2.24, 2.45) is 5.73 Å². The highest BCUT2D eigenvalue weighted by Gasteiger charge is 2.19. The van der Waals surface area contributed by atoms with Gasteiger partial charge in [-0.1, -0.05) is 6.92 Å². The van der Waals surface area contributed by atoms with Gasteiger partial charge in [-0.25, -0.2) is 4.98 Å². The molecule has 0 saturated heterocycles. The first kappa shape index (κ1) is 15.6. The molecule has 1 amide bonds. The molecule has 1 aromatic rings. The van der Waals surface area contributed by atoms with Crippen LogP contribution in [0.5, 0.6) is 0 Å². The number of aromatic nitrogens is 2. The van der Waals surface area contributed by atoms with E-state index in [4.69, 9.17) is 5.73 Å². The molecule has 9 heteroatoms. The fourth-order valence-corrected chi connectivity index (χ4v) is 1.52. The summed E-state index contributed by atoms with van der Waals surface area (Å²) in [6.45, 7) is 4.33. The average Bonchev–Trinajstić information content (AvgIpc) is 2.35. The molecule has 9 nitrogen and oxygen atoms in total. The zero-order chi connectivity index (χ0) is 15.1. The van der Waals surface area contributed by atoms with Crippen LogP contribution in [0.2, 0.25) is 0 Å². The van der Waals surface area contributed by atoms with Gasteiger partial charge in [-0.2, -0.15) is 4.98 Å². The van der Waals surface area contributed by atoms with E-state index in [-0.39, 0.29) is 24.0 Å². The molecule has 0 radical (unpaired) electrons. The molecule has 0 bridgehead atoms. The van der Waals surface area contributed by atoms with E-state index < -0.39 is 10.8 Å². The van der Waals surface area contributed by atoms with Crippen molar-refractivity contribution in [1.82, 2.24) is 9.97 Å². The summed E-state index contributed by atoms with van der Waals surface area (Å²) in [5.74, 6) is -0.130. The molecule has 110 valence electrons. The maximum Gasteiger partial charge on any atom is 0.329 e. The van der Waals surface area contributed by atoms with Gasteiger partial charge in [0.2, 0.25) is 17.7 Å². The minimum absolute atomic E-state index is 0.0544. The van der Waals surface area contributed by atoms with Gasteiger partial charge in [0.05, 0.1) is 4.92 Å². The lowest BCUT2D eigenvalue weighted by Gasteiger charge is -2.13. The van der Waals surface area contributed by atoms with Gasteiger partial charge in [-0.05, 0) is 13.3 Å². The molecule has 1 atom stereocenters. The second kappa shape index (κ2) is 7.22. The highest BCUT2D eigenvalue weighted by atomic mass is 16.6. The number of nitro groups is 1. The topological polar surface area (TPSA) is 136 Å². The predicted molar refractivity (Wildman–Crippen MR) is 74.4 cm³/mol. The zero-order valence-corrected chi connectivity index (χ0v) is 11.4. The summed E-state index contributed by atoms with van der Waals surface area (Å²) in [6.07, 6.45) is 2.06. The number of anilines is 2. The Balaban J connectivity index is 2.93. The summed E-state index contributed by atoms with van der Waals surface area (Å²) in [5, 5.41) is 16.7. The molecule has 4 N–H and O–H groups in total. The van der Waals surface area contributed by atoms with Crippen molar-refractivity contribution in [3.05, 3.63) is 16.3 Å². The number of nitrogens with one attached hydrogen (secondary N) is 2. The van der Waals surface area contributed by atoms with Crippen LogP contribution in [0.1, 0.15) is 26.7 Å². The van der Waals surface area contributed by atoms with E-state index in [0.29, 0.717) is 12.5 Å². The van der Waals surface area contributed by atoms with E-state index in [1.54, 1.807) is 6.92 Å². The Kier molecular flexibility index (Phi) is 5.63. The molecule has 1 heterocycles. The van der Waals surface area contributed by atoms with E-state index in [1.807, 2.05) is 6.92 Å². The molecule has 0 fully saturated rings. The first-order chi connectivity index (χ1) is 9.43. The van der Waals surface area contributed by atoms with Crippen molar-refractivity contribution in [1.29, 1.82) is 0 Å². The number of carbonyl (C=O) groups is 1. The fraction of sp³-hybridized carbons (Fsp3) is 0.545. The van der Waals surface area contributed by atoms with Crippen LogP contribution in [0, 0.1) is 10.1 Å². The molecular formula is C11H18N6O3. The van der Waals surface area contributed by atoms with Crippen LogP contribution in [-0.2, 0) is 4.79 Å². The first-order valence-corrected chi connectivity index (χ1v) is 6.24. The van der Waals surface area contributed by atoms with E-state index in [9.17, 15) is 14.9 Å². The van der Waals surface area contributed by atoms with Crippen molar-refractivity contribution in [3.63, 3.8) is 0 Å². The predicted octanol–water partition coefficient (Wildman–Crippen LogP) is 0.882. The van der Waals surface area contributed by atoms with Gasteiger partial charge in [-0.3, -0.25) is 14.9 Å². The lowest BCUT2D eigenvalue weighted by atomic mass is 10.2. The molecule has 0 saturated carbocycles. The summed E-state index contributed by atoms with van der Waals surface area (Å²) >= 11 is 0. The van der Waals surface area contributed by atoms with Gasteiger partial charge < -0.3 is 16.4 Å². The van der Waals surface area contributed by atoms with Crippen LogP contribution < -0.4 is 16.4 Å². The average molecular weight is 282 g/mol. The number of hydrogen-bond acceptors (Lipinski definition) is 7. The Bertz CT molecular complexity index is 493. The largest absolute Gasteiger partial charge is 0.370 e. The van der Waals surface area contributed by atoms with E-state index in [1.165, 1.54) is 0 Å². The highest BCUT2D eigenvalue weighted by Crippen LogP contribution is 2.23. The van der Waals surface area contributed by atoms with E-state index in [0.717, 1.165) is 12.6 Å². The Hall–Kier alpha value is -2.45. The fourth-order valence-electron chi connectivity index (χ4n) is 1.52. The summed E-state index contributed by atoms with van der Waals surface area (Å²) in [5.41, 5.74) is 4.84.